The molecule has 8 heteroatoms. The summed E-state index contributed by atoms with van der Waals surface area (Å²) in [6.45, 7) is 5.08. The number of benzene rings is 1. The summed E-state index contributed by atoms with van der Waals surface area (Å²) in [6, 6.07) is 8.00. The molecule has 0 N–H and O–H groups in total. The third kappa shape index (κ3) is 3.71. The lowest BCUT2D eigenvalue weighted by Crippen LogP contribution is -2.41. The van der Waals surface area contributed by atoms with Gasteiger partial charge in [-0.25, -0.2) is 9.97 Å². The zero-order valence-corrected chi connectivity index (χ0v) is 19.7. The van der Waals surface area contributed by atoms with Crippen molar-refractivity contribution in [3.63, 3.8) is 0 Å². The highest BCUT2D eigenvalue weighted by Crippen LogP contribution is 2.43. The Kier molecular flexibility index (Phi) is 5.14. The van der Waals surface area contributed by atoms with Crippen LogP contribution < -0.4 is 9.64 Å². The molecule has 5 heterocycles. The number of imidazole rings is 1. The van der Waals surface area contributed by atoms with Gasteiger partial charge in [-0.2, -0.15) is 0 Å². The van der Waals surface area contributed by atoms with Gasteiger partial charge < -0.3 is 14.4 Å². The Bertz CT molecular complexity index is 1310. The molecule has 1 aromatic carbocycles. The van der Waals surface area contributed by atoms with Crippen LogP contribution in [0.15, 0.2) is 58.8 Å². The first-order valence-electron chi connectivity index (χ1n) is 11.4. The summed E-state index contributed by atoms with van der Waals surface area (Å²) in [7, 11) is 1.68. The van der Waals surface area contributed by atoms with Crippen LogP contribution in [0.3, 0.4) is 0 Å². The summed E-state index contributed by atoms with van der Waals surface area (Å²) in [5.74, 6) is 1.79. The van der Waals surface area contributed by atoms with Gasteiger partial charge in [0.15, 0.2) is 5.65 Å². The molecule has 2 fully saturated rings. The number of pyridine rings is 1. The van der Waals surface area contributed by atoms with E-state index in [9.17, 15) is 0 Å². The fraction of sp³-hybridized carbons (Fsp3) is 0.400. The molecule has 3 aromatic heterocycles. The monoisotopic (exact) mass is 461 g/mol. The molecule has 2 aliphatic rings. The zero-order chi connectivity index (χ0) is 22.4. The molecular weight excluding hydrogens is 434 g/mol. The number of aromatic nitrogens is 4. The van der Waals surface area contributed by atoms with Gasteiger partial charge in [0.05, 0.1) is 30.2 Å². The van der Waals surface area contributed by atoms with Crippen molar-refractivity contribution >= 4 is 34.3 Å². The maximum absolute atomic E-state index is 5.90. The molecule has 0 radical (unpaired) electrons. The van der Waals surface area contributed by atoms with Crippen LogP contribution in [0, 0.1) is 5.41 Å². The van der Waals surface area contributed by atoms with Gasteiger partial charge in [0.1, 0.15) is 5.75 Å². The SMILES string of the molecule is COc1ccc2nccc(Sc3cnc(N4CCC5(CC4)CO[C@@H](C)C5)n4ccnc34)c2c1. The fourth-order valence-electron chi connectivity index (χ4n) is 5.20. The molecule has 2 aliphatic heterocycles. The van der Waals surface area contributed by atoms with Crippen molar-refractivity contribution in [2.24, 2.45) is 5.41 Å². The number of piperidine rings is 1. The van der Waals surface area contributed by atoms with Gasteiger partial charge in [0.2, 0.25) is 5.95 Å². The first-order valence-corrected chi connectivity index (χ1v) is 12.3. The maximum Gasteiger partial charge on any atom is 0.211 e. The second kappa shape index (κ2) is 8.18. The van der Waals surface area contributed by atoms with Crippen LogP contribution >= 0.6 is 11.8 Å². The summed E-state index contributed by atoms with van der Waals surface area (Å²) < 4.78 is 13.5. The standard InChI is InChI=1S/C25H27N5O2S/c1-17-14-25(16-32-17)6-10-29(11-7-25)24-28-15-22(23-27-9-12-30(23)24)33-21-5-8-26-20-4-3-18(31-2)13-19(20)21/h3-5,8-9,12-13,15,17H,6-7,10-11,14,16H2,1-2H3/t17-/m0/s1. The zero-order valence-electron chi connectivity index (χ0n) is 18.9. The Morgan fingerprint density at radius 2 is 1.97 bits per heavy atom. The highest BCUT2D eigenvalue weighted by Gasteiger charge is 2.41. The molecule has 0 amide bonds. The number of fused-ring (bicyclic) bond motifs is 2. The minimum absolute atomic E-state index is 0.350. The molecule has 170 valence electrons. The Balaban J connectivity index is 1.30. The largest absolute Gasteiger partial charge is 0.497 e. The molecule has 1 atom stereocenters. The van der Waals surface area contributed by atoms with Gasteiger partial charge in [0.25, 0.3) is 0 Å². The number of hydrogen-bond acceptors (Lipinski definition) is 7. The predicted molar refractivity (Wildman–Crippen MR) is 129 cm³/mol. The van der Waals surface area contributed by atoms with Crippen LogP contribution in [-0.4, -0.2) is 52.3 Å². The smallest absolute Gasteiger partial charge is 0.211 e. The van der Waals surface area contributed by atoms with E-state index < -0.39 is 0 Å². The van der Waals surface area contributed by atoms with E-state index in [0.717, 1.165) is 70.6 Å². The van der Waals surface area contributed by atoms with E-state index in [1.54, 1.807) is 18.9 Å². The lowest BCUT2D eigenvalue weighted by Gasteiger charge is -2.39. The van der Waals surface area contributed by atoms with E-state index in [1.165, 1.54) is 6.42 Å². The highest BCUT2D eigenvalue weighted by atomic mass is 32.2. The minimum Gasteiger partial charge on any atom is -0.497 e. The lowest BCUT2D eigenvalue weighted by molar-refractivity contribution is 0.0975. The molecule has 0 aliphatic carbocycles. The third-order valence-electron chi connectivity index (χ3n) is 7.00. The first kappa shape index (κ1) is 20.7. The van der Waals surface area contributed by atoms with E-state index in [4.69, 9.17) is 14.5 Å². The minimum atomic E-state index is 0.350. The fourth-order valence-corrected chi connectivity index (χ4v) is 6.19. The number of hydrogen-bond donors (Lipinski definition) is 0. The maximum atomic E-state index is 5.90. The number of methoxy groups -OCH3 is 1. The van der Waals surface area contributed by atoms with Crippen LogP contribution in [0.5, 0.6) is 5.75 Å². The molecule has 1 spiro atoms. The molecule has 6 rings (SSSR count). The third-order valence-corrected chi connectivity index (χ3v) is 8.09. The number of rotatable bonds is 4. The van der Waals surface area contributed by atoms with Crippen LogP contribution in [0.4, 0.5) is 5.95 Å². The van der Waals surface area contributed by atoms with Crippen LogP contribution in [0.25, 0.3) is 16.6 Å². The normalized spacial score (nSPS) is 20.2. The Morgan fingerprint density at radius 3 is 2.76 bits per heavy atom. The van der Waals surface area contributed by atoms with Gasteiger partial charge in [-0.3, -0.25) is 9.38 Å². The van der Waals surface area contributed by atoms with Crippen molar-refractivity contribution in [2.75, 3.05) is 31.7 Å². The number of anilines is 1. The Labute approximate surface area is 197 Å². The quantitative estimate of drug-likeness (QED) is 0.431. The summed E-state index contributed by atoms with van der Waals surface area (Å²) in [6.07, 6.45) is 11.5. The van der Waals surface area contributed by atoms with E-state index in [2.05, 4.69) is 26.2 Å². The van der Waals surface area contributed by atoms with E-state index in [1.807, 2.05) is 49.1 Å². The second-order valence-corrected chi connectivity index (χ2v) is 10.2. The summed E-state index contributed by atoms with van der Waals surface area (Å²) >= 11 is 1.66. The summed E-state index contributed by atoms with van der Waals surface area (Å²) in [4.78, 5) is 18.6. The average molecular weight is 462 g/mol. The second-order valence-electron chi connectivity index (χ2n) is 9.15. The van der Waals surface area contributed by atoms with Crippen molar-refractivity contribution in [1.29, 1.82) is 0 Å². The van der Waals surface area contributed by atoms with Crippen LogP contribution in [-0.2, 0) is 4.74 Å². The van der Waals surface area contributed by atoms with Gasteiger partial charge >= 0.3 is 0 Å². The number of ether oxygens (including phenoxy) is 2. The van der Waals surface area contributed by atoms with Crippen molar-refractivity contribution < 1.29 is 9.47 Å². The van der Waals surface area contributed by atoms with Gasteiger partial charge in [-0.05, 0) is 55.9 Å². The first-order chi connectivity index (χ1) is 16.1. The highest BCUT2D eigenvalue weighted by molar-refractivity contribution is 7.99. The van der Waals surface area contributed by atoms with Crippen LogP contribution in [0.2, 0.25) is 0 Å². The average Bonchev–Trinajstić information content (AvgIpc) is 3.47. The predicted octanol–water partition coefficient (Wildman–Crippen LogP) is 4.83. The molecule has 7 nitrogen and oxygen atoms in total. The van der Waals surface area contributed by atoms with E-state index in [-0.39, 0.29) is 0 Å². The molecule has 33 heavy (non-hydrogen) atoms. The number of nitrogens with zero attached hydrogens (tertiary/aromatic N) is 5. The Hall–Kier alpha value is -2.84. The molecule has 2 saturated heterocycles. The van der Waals surface area contributed by atoms with Crippen LogP contribution in [0.1, 0.15) is 26.2 Å². The topological polar surface area (TPSA) is 64.8 Å². The molecule has 4 aromatic rings. The Morgan fingerprint density at radius 1 is 1.09 bits per heavy atom. The van der Waals surface area contributed by atoms with Gasteiger partial charge in [-0.1, -0.05) is 11.8 Å². The molecular formula is C25H27N5O2S. The molecule has 0 bridgehead atoms. The summed E-state index contributed by atoms with van der Waals surface area (Å²) in [5, 5.41) is 1.06. The van der Waals surface area contributed by atoms with Crippen molar-refractivity contribution in [3.05, 3.63) is 49.1 Å². The van der Waals surface area contributed by atoms with E-state index in [0.29, 0.717) is 11.5 Å². The van der Waals surface area contributed by atoms with Crippen molar-refractivity contribution in [2.45, 2.75) is 42.1 Å². The van der Waals surface area contributed by atoms with Gasteiger partial charge in [0, 0.05) is 48.2 Å². The van der Waals surface area contributed by atoms with Gasteiger partial charge in [-0.15, -0.1) is 0 Å². The lowest BCUT2D eigenvalue weighted by atomic mass is 9.77. The molecule has 0 saturated carbocycles. The molecule has 0 unspecified atom stereocenters. The van der Waals surface area contributed by atoms with E-state index >= 15 is 0 Å². The van der Waals surface area contributed by atoms with Crippen molar-refractivity contribution in [3.8, 4) is 5.75 Å². The summed E-state index contributed by atoms with van der Waals surface area (Å²) in [5.41, 5.74) is 2.22. The van der Waals surface area contributed by atoms with Crippen molar-refractivity contribution in [1.82, 2.24) is 19.4 Å².